The van der Waals surface area contributed by atoms with E-state index in [0.29, 0.717) is 5.56 Å². The summed E-state index contributed by atoms with van der Waals surface area (Å²) in [6, 6.07) is 13.1. The Kier molecular flexibility index (Phi) is 2.55. The lowest BCUT2D eigenvalue weighted by Crippen LogP contribution is -1.86. The van der Waals surface area contributed by atoms with Crippen molar-refractivity contribution in [2.45, 2.75) is 13.8 Å². The zero-order valence-electron chi connectivity index (χ0n) is 8.92. The highest BCUT2D eigenvalue weighted by atomic mass is 19.1. The maximum Gasteiger partial charge on any atom is 0.131 e. The highest BCUT2D eigenvalue weighted by Gasteiger charge is 2.04. The van der Waals surface area contributed by atoms with Crippen LogP contribution in [0.5, 0.6) is 0 Å². The summed E-state index contributed by atoms with van der Waals surface area (Å²) in [4.78, 5) is 0. The van der Waals surface area contributed by atoms with E-state index in [1.165, 1.54) is 6.07 Å². The molecule has 2 rings (SSSR count). The Morgan fingerprint density at radius 1 is 0.867 bits per heavy atom. The van der Waals surface area contributed by atoms with Gasteiger partial charge in [-0.2, -0.15) is 0 Å². The fourth-order valence-corrected chi connectivity index (χ4v) is 1.67. The van der Waals surface area contributed by atoms with Crippen LogP contribution in [0.1, 0.15) is 11.1 Å². The van der Waals surface area contributed by atoms with Crippen molar-refractivity contribution < 1.29 is 4.39 Å². The Bertz CT molecular complexity index is 486. The molecule has 0 fully saturated rings. The standard InChI is InChI=1S/C14H13F/c1-10-4-3-5-12(8-10)13-9-11(2)6-7-14(13)15/h3-9H,1-2H3. The predicted octanol–water partition coefficient (Wildman–Crippen LogP) is 4.11. The van der Waals surface area contributed by atoms with Gasteiger partial charge in [-0.25, -0.2) is 4.39 Å². The molecule has 15 heavy (non-hydrogen) atoms. The van der Waals surface area contributed by atoms with E-state index in [2.05, 4.69) is 0 Å². The second-order valence-electron chi connectivity index (χ2n) is 3.85. The van der Waals surface area contributed by atoms with Gasteiger partial charge in [-0.05, 0) is 31.5 Å². The van der Waals surface area contributed by atoms with E-state index in [9.17, 15) is 4.39 Å². The van der Waals surface area contributed by atoms with Crippen LogP contribution < -0.4 is 0 Å². The van der Waals surface area contributed by atoms with Gasteiger partial charge in [-0.3, -0.25) is 0 Å². The van der Waals surface area contributed by atoms with Crippen LogP contribution >= 0.6 is 0 Å². The van der Waals surface area contributed by atoms with Crippen LogP contribution in [0.25, 0.3) is 11.1 Å². The molecular weight excluding hydrogens is 187 g/mol. The largest absolute Gasteiger partial charge is 0.206 e. The summed E-state index contributed by atoms with van der Waals surface area (Å²) >= 11 is 0. The molecule has 0 N–H and O–H groups in total. The van der Waals surface area contributed by atoms with Crippen LogP contribution in [0.15, 0.2) is 42.5 Å². The van der Waals surface area contributed by atoms with Gasteiger partial charge in [0.1, 0.15) is 5.82 Å². The minimum absolute atomic E-state index is 0.161. The van der Waals surface area contributed by atoms with Crippen molar-refractivity contribution in [1.29, 1.82) is 0 Å². The lowest BCUT2D eigenvalue weighted by atomic mass is 10.0. The van der Waals surface area contributed by atoms with E-state index in [1.807, 2.05) is 44.2 Å². The lowest BCUT2D eigenvalue weighted by Gasteiger charge is -2.05. The molecule has 0 nitrogen and oxygen atoms in total. The summed E-state index contributed by atoms with van der Waals surface area (Å²) < 4.78 is 13.6. The second-order valence-corrected chi connectivity index (χ2v) is 3.85. The Morgan fingerprint density at radius 2 is 1.60 bits per heavy atom. The number of hydrogen-bond acceptors (Lipinski definition) is 0. The Morgan fingerprint density at radius 3 is 2.33 bits per heavy atom. The van der Waals surface area contributed by atoms with Crippen molar-refractivity contribution in [3.8, 4) is 11.1 Å². The summed E-state index contributed by atoms with van der Waals surface area (Å²) in [6.07, 6.45) is 0. The van der Waals surface area contributed by atoms with Gasteiger partial charge in [-0.1, -0.05) is 41.5 Å². The molecule has 0 atom stereocenters. The first-order valence-corrected chi connectivity index (χ1v) is 5.00. The maximum absolute atomic E-state index is 13.6. The monoisotopic (exact) mass is 200 g/mol. The van der Waals surface area contributed by atoms with E-state index in [4.69, 9.17) is 0 Å². The van der Waals surface area contributed by atoms with Crippen LogP contribution in [-0.4, -0.2) is 0 Å². The van der Waals surface area contributed by atoms with Gasteiger partial charge in [-0.15, -0.1) is 0 Å². The molecule has 0 aliphatic rings. The molecule has 0 aliphatic carbocycles. The number of hydrogen-bond donors (Lipinski definition) is 0. The molecule has 0 amide bonds. The summed E-state index contributed by atoms with van der Waals surface area (Å²) in [5.41, 5.74) is 3.84. The van der Waals surface area contributed by atoms with Gasteiger partial charge < -0.3 is 0 Å². The van der Waals surface area contributed by atoms with Crippen molar-refractivity contribution in [1.82, 2.24) is 0 Å². The van der Waals surface area contributed by atoms with Gasteiger partial charge in [0, 0.05) is 5.56 Å². The molecule has 0 aliphatic heterocycles. The van der Waals surface area contributed by atoms with Crippen molar-refractivity contribution in [2.24, 2.45) is 0 Å². The van der Waals surface area contributed by atoms with Crippen molar-refractivity contribution >= 4 is 0 Å². The molecule has 76 valence electrons. The molecule has 0 unspecified atom stereocenters. The normalized spacial score (nSPS) is 10.3. The van der Waals surface area contributed by atoms with Gasteiger partial charge in [0.2, 0.25) is 0 Å². The highest BCUT2D eigenvalue weighted by Crippen LogP contribution is 2.24. The Labute approximate surface area is 89.4 Å². The highest BCUT2D eigenvalue weighted by molar-refractivity contribution is 5.65. The fraction of sp³-hybridized carbons (Fsp3) is 0.143. The number of rotatable bonds is 1. The predicted molar refractivity (Wildman–Crippen MR) is 61.3 cm³/mol. The van der Waals surface area contributed by atoms with Crippen LogP contribution in [0.3, 0.4) is 0 Å². The van der Waals surface area contributed by atoms with Crippen LogP contribution in [0.2, 0.25) is 0 Å². The molecule has 0 heterocycles. The smallest absolute Gasteiger partial charge is 0.131 e. The van der Waals surface area contributed by atoms with Gasteiger partial charge in [0.25, 0.3) is 0 Å². The van der Waals surface area contributed by atoms with Gasteiger partial charge >= 0.3 is 0 Å². The van der Waals surface area contributed by atoms with Gasteiger partial charge in [0.05, 0.1) is 0 Å². The van der Waals surface area contributed by atoms with Crippen molar-refractivity contribution in [2.75, 3.05) is 0 Å². The number of halogens is 1. The zero-order valence-corrected chi connectivity index (χ0v) is 8.92. The Hall–Kier alpha value is -1.63. The summed E-state index contributed by atoms with van der Waals surface area (Å²) in [7, 11) is 0. The molecule has 0 bridgehead atoms. The van der Waals surface area contributed by atoms with E-state index in [-0.39, 0.29) is 5.82 Å². The molecule has 2 aromatic carbocycles. The lowest BCUT2D eigenvalue weighted by molar-refractivity contribution is 0.631. The van der Waals surface area contributed by atoms with Gasteiger partial charge in [0.15, 0.2) is 0 Å². The second kappa shape index (κ2) is 3.85. The molecule has 0 aromatic heterocycles. The third kappa shape index (κ3) is 2.07. The third-order valence-corrected chi connectivity index (χ3v) is 2.45. The van der Waals surface area contributed by atoms with Crippen LogP contribution in [-0.2, 0) is 0 Å². The molecule has 0 radical (unpaired) electrons. The minimum atomic E-state index is -0.161. The van der Waals surface area contributed by atoms with Crippen LogP contribution in [0, 0.1) is 19.7 Å². The topological polar surface area (TPSA) is 0 Å². The summed E-state index contributed by atoms with van der Waals surface area (Å²) in [5.74, 6) is -0.161. The first-order valence-electron chi connectivity index (χ1n) is 5.00. The average Bonchev–Trinajstić information content (AvgIpc) is 2.22. The Balaban J connectivity index is 2.58. The van der Waals surface area contributed by atoms with E-state index >= 15 is 0 Å². The first kappa shape index (κ1) is 9.91. The quantitative estimate of drug-likeness (QED) is 0.649. The maximum atomic E-state index is 13.6. The summed E-state index contributed by atoms with van der Waals surface area (Å²) in [5, 5.41) is 0. The zero-order chi connectivity index (χ0) is 10.8. The molecule has 1 heteroatoms. The average molecular weight is 200 g/mol. The van der Waals surface area contributed by atoms with Crippen molar-refractivity contribution in [3.05, 3.63) is 59.4 Å². The van der Waals surface area contributed by atoms with E-state index in [1.54, 1.807) is 6.07 Å². The van der Waals surface area contributed by atoms with Crippen molar-refractivity contribution in [3.63, 3.8) is 0 Å². The van der Waals surface area contributed by atoms with E-state index < -0.39 is 0 Å². The third-order valence-electron chi connectivity index (χ3n) is 2.45. The minimum Gasteiger partial charge on any atom is -0.206 e. The molecule has 0 spiro atoms. The summed E-state index contributed by atoms with van der Waals surface area (Å²) in [6.45, 7) is 3.98. The number of benzene rings is 2. The molecule has 0 saturated carbocycles. The van der Waals surface area contributed by atoms with Crippen LogP contribution in [0.4, 0.5) is 4.39 Å². The first-order chi connectivity index (χ1) is 7.16. The molecule has 2 aromatic rings. The fourth-order valence-electron chi connectivity index (χ4n) is 1.67. The SMILES string of the molecule is Cc1cccc(-c2cc(C)ccc2F)c1. The molecule has 0 saturated heterocycles. The number of aryl methyl sites for hydroxylation is 2. The van der Waals surface area contributed by atoms with E-state index in [0.717, 1.165) is 16.7 Å². The molecular formula is C14H13F.